The average molecular weight is 730 g/mol. The minimum absolute atomic E-state index is 0.168. The maximum Gasteiger partial charge on any atom is 0.407 e. The molecule has 1 aromatic heterocycles. The quantitative estimate of drug-likeness (QED) is 0.166. The van der Waals surface area contributed by atoms with E-state index >= 15 is 0 Å². The van der Waals surface area contributed by atoms with Crippen molar-refractivity contribution in [3.63, 3.8) is 0 Å². The van der Waals surface area contributed by atoms with Crippen LogP contribution in [0.2, 0.25) is 0 Å². The summed E-state index contributed by atoms with van der Waals surface area (Å²) in [5.41, 5.74) is 14.9. The highest BCUT2D eigenvalue weighted by atomic mass is 16.5. The van der Waals surface area contributed by atoms with Crippen molar-refractivity contribution in [2.24, 2.45) is 10.9 Å². The summed E-state index contributed by atoms with van der Waals surface area (Å²) in [7, 11) is 1.31. The summed E-state index contributed by atoms with van der Waals surface area (Å²) < 4.78 is 4.88. The van der Waals surface area contributed by atoms with Crippen molar-refractivity contribution in [1.82, 2.24) is 20.2 Å². The van der Waals surface area contributed by atoms with Crippen molar-refractivity contribution >= 4 is 34.3 Å². The summed E-state index contributed by atoms with van der Waals surface area (Å²) in [5, 5.41) is 2.76. The molecule has 4 atom stereocenters. The number of hydrogen-bond acceptors (Lipinski definition) is 5. The number of methoxy groups -OCH3 is 1. The molecule has 8 nitrogen and oxygen atoms in total. The fraction of sp³-hybridized carbons (Fsp3) is 0.362. The van der Waals surface area contributed by atoms with Crippen LogP contribution in [0.1, 0.15) is 116 Å². The number of carbonyl (C=O) groups is 2. The van der Waals surface area contributed by atoms with Crippen LogP contribution in [0.15, 0.2) is 96.1 Å². The first-order chi connectivity index (χ1) is 27.0. The van der Waals surface area contributed by atoms with Crippen LogP contribution in [0, 0.1) is 5.92 Å². The molecule has 55 heavy (non-hydrogen) atoms. The van der Waals surface area contributed by atoms with Gasteiger partial charge in [-0.1, -0.05) is 85.6 Å². The molecule has 4 aromatic carbocycles. The molecule has 3 fully saturated rings. The number of nitrogens with one attached hydrogen (secondary N) is 2. The Balaban J connectivity index is 0.922. The van der Waals surface area contributed by atoms with E-state index in [-0.39, 0.29) is 11.9 Å². The number of likely N-dealkylation sites (tertiary alicyclic amines) is 1. The van der Waals surface area contributed by atoms with Gasteiger partial charge in [0.2, 0.25) is 0 Å². The van der Waals surface area contributed by atoms with Crippen LogP contribution in [0.4, 0.5) is 4.79 Å². The van der Waals surface area contributed by atoms with Crippen LogP contribution in [-0.4, -0.2) is 46.2 Å². The molecule has 2 bridgehead atoms. The number of alkyl carbamates (subject to hydrolysis) is 1. The van der Waals surface area contributed by atoms with Gasteiger partial charge in [-0.2, -0.15) is 0 Å². The number of amides is 2. The first-order valence-corrected chi connectivity index (χ1v) is 20.3. The fourth-order valence-corrected chi connectivity index (χ4v) is 10.5. The molecule has 0 radical (unpaired) electrons. The second kappa shape index (κ2) is 14.0. The van der Waals surface area contributed by atoms with Gasteiger partial charge in [-0.25, -0.2) is 9.78 Å². The second-order valence-electron chi connectivity index (χ2n) is 16.2. The van der Waals surface area contributed by atoms with Crippen LogP contribution >= 0.6 is 0 Å². The molecule has 3 unspecified atom stereocenters. The molecular weight excluding hydrogens is 683 g/mol. The Morgan fingerprint density at radius 3 is 2.25 bits per heavy atom. The first kappa shape index (κ1) is 34.0. The number of aromatic nitrogens is 2. The number of allylic oxidation sites excluding steroid dienone is 1. The molecule has 1 saturated heterocycles. The molecular formula is C47H47N5O3. The standard InChI is InChI=1S/C47H47N5O3/c1-55-47(54)51-44(31-10-3-2-4-11-31)46(53)52-23-7-12-41(52)45-49-38-22-19-32(25-40(38)50-45)37-21-20-36(42-33-17-18-34(24-33)43(37)42)29-15-13-28(14-16-29)35-26-39(48-27-35)30-8-5-6-9-30/h2-4,10-11,13-16,19-22,25,27,30,33-34,41,44H,5-9,12,17-18,23-24,26H2,1H3,(H,49,50)(H,51,54)/t33?,34?,41?,44-/m0/s1. The molecule has 5 aliphatic rings. The maximum absolute atomic E-state index is 14.1. The van der Waals surface area contributed by atoms with E-state index < -0.39 is 12.1 Å². The Morgan fingerprint density at radius 1 is 0.800 bits per heavy atom. The third-order valence-corrected chi connectivity index (χ3v) is 13.2. The number of fused-ring (bicyclic) bond motifs is 6. The van der Waals surface area contributed by atoms with Crippen LogP contribution in [-0.2, 0) is 9.53 Å². The lowest BCUT2D eigenvalue weighted by Gasteiger charge is -2.28. The molecule has 3 heterocycles. The average Bonchev–Trinajstić information content (AvgIpc) is 4.09. The van der Waals surface area contributed by atoms with Crippen LogP contribution in [0.3, 0.4) is 0 Å². The predicted molar refractivity (Wildman–Crippen MR) is 217 cm³/mol. The maximum atomic E-state index is 14.1. The third-order valence-electron chi connectivity index (χ3n) is 13.2. The highest BCUT2D eigenvalue weighted by Crippen LogP contribution is 2.58. The van der Waals surface area contributed by atoms with Gasteiger partial charge >= 0.3 is 6.09 Å². The predicted octanol–water partition coefficient (Wildman–Crippen LogP) is 10.4. The van der Waals surface area contributed by atoms with Crippen molar-refractivity contribution in [2.75, 3.05) is 13.7 Å². The van der Waals surface area contributed by atoms with Gasteiger partial charge in [0.05, 0.1) is 24.2 Å². The van der Waals surface area contributed by atoms with Crippen molar-refractivity contribution in [3.8, 4) is 22.3 Å². The third kappa shape index (κ3) is 6.06. The van der Waals surface area contributed by atoms with Gasteiger partial charge in [0, 0.05) is 24.9 Å². The Bertz CT molecular complexity index is 2350. The number of hydrogen-bond donors (Lipinski definition) is 2. The van der Waals surface area contributed by atoms with Crippen molar-refractivity contribution in [1.29, 1.82) is 0 Å². The smallest absolute Gasteiger partial charge is 0.407 e. The van der Waals surface area contributed by atoms with Gasteiger partial charge in [-0.15, -0.1) is 0 Å². The largest absolute Gasteiger partial charge is 0.453 e. The highest BCUT2D eigenvalue weighted by molar-refractivity contribution is 6.00. The topological polar surface area (TPSA) is 99.7 Å². The molecule has 2 aliphatic heterocycles. The van der Waals surface area contributed by atoms with E-state index in [1.165, 1.54) is 96.7 Å². The normalized spacial score (nSPS) is 22.2. The molecule has 10 rings (SSSR count). The Hall–Kier alpha value is -5.50. The van der Waals surface area contributed by atoms with Gasteiger partial charge in [-0.05, 0) is 125 Å². The monoisotopic (exact) mass is 729 g/mol. The van der Waals surface area contributed by atoms with Crippen LogP contribution in [0.25, 0.3) is 38.9 Å². The Kier molecular flexibility index (Phi) is 8.64. The summed E-state index contributed by atoms with van der Waals surface area (Å²) >= 11 is 0. The number of benzene rings is 4. The Labute approximate surface area is 322 Å². The molecule has 5 aromatic rings. The van der Waals surface area contributed by atoms with E-state index in [0.29, 0.717) is 29.9 Å². The summed E-state index contributed by atoms with van der Waals surface area (Å²) in [6.45, 7) is 0.593. The van der Waals surface area contributed by atoms with Crippen molar-refractivity contribution in [3.05, 3.63) is 119 Å². The lowest BCUT2D eigenvalue weighted by Crippen LogP contribution is -2.42. The first-order valence-electron chi connectivity index (χ1n) is 20.3. The summed E-state index contributed by atoms with van der Waals surface area (Å²) in [4.78, 5) is 41.7. The summed E-state index contributed by atoms with van der Waals surface area (Å²) in [5.74, 6) is 2.49. The molecule has 2 saturated carbocycles. The zero-order valence-corrected chi connectivity index (χ0v) is 31.4. The lowest BCUT2D eigenvalue weighted by atomic mass is 9.81. The minimum atomic E-state index is -0.850. The number of carbonyl (C=O) groups excluding carboxylic acids is 2. The highest BCUT2D eigenvalue weighted by Gasteiger charge is 2.41. The van der Waals surface area contributed by atoms with E-state index in [1.54, 1.807) is 5.56 Å². The number of aliphatic imine (C=N–C) groups is 1. The summed E-state index contributed by atoms with van der Waals surface area (Å²) in [6, 6.07) is 28.8. The van der Waals surface area contributed by atoms with Gasteiger partial charge in [-0.3, -0.25) is 9.79 Å². The minimum Gasteiger partial charge on any atom is -0.453 e. The SMILES string of the molecule is COC(=O)N[C@H](C(=O)N1CCCC1c1nc2ccc(-c3ccc(-c4ccc(C5=CN=C(C6CCCC6)C5)cc4)c4c3C3CCC4C3)cc2[nH]1)c1ccccc1. The molecule has 2 amide bonds. The number of rotatable bonds is 8. The van der Waals surface area contributed by atoms with E-state index in [4.69, 9.17) is 14.7 Å². The number of ether oxygens (including phenoxy) is 1. The second-order valence-corrected chi connectivity index (χ2v) is 16.2. The molecule has 2 N–H and O–H groups in total. The molecule has 8 heteroatoms. The lowest BCUT2D eigenvalue weighted by molar-refractivity contribution is -0.134. The fourth-order valence-electron chi connectivity index (χ4n) is 10.5. The van der Waals surface area contributed by atoms with E-state index in [1.807, 2.05) is 35.2 Å². The number of H-pyrrole nitrogens is 1. The molecule has 278 valence electrons. The van der Waals surface area contributed by atoms with Gasteiger partial charge in [0.25, 0.3) is 5.91 Å². The van der Waals surface area contributed by atoms with Crippen molar-refractivity contribution in [2.45, 2.75) is 88.1 Å². The van der Waals surface area contributed by atoms with E-state index in [2.05, 4.69) is 71.1 Å². The number of nitrogens with zero attached hydrogens (tertiary/aromatic N) is 3. The molecule has 3 aliphatic carbocycles. The van der Waals surface area contributed by atoms with E-state index in [0.717, 1.165) is 36.1 Å². The van der Waals surface area contributed by atoms with Gasteiger partial charge < -0.3 is 19.9 Å². The zero-order chi connectivity index (χ0) is 37.0. The summed E-state index contributed by atoms with van der Waals surface area (Å²) in [6.07, 6.45) is 13.2. The Morgan fingerprint density at radius 2 is 1.51 bits per heavy atom. The van der Waals surface area contributed by atoms with Crippen LogP contribution in [0.5, 0.6) is 0 Å². The van der Waals surface area contributed by atoms with Crippen LogP contribution < -0.4 is 5.32 Å². The zero-order valence-electron chi connectivity index (χ0n) is 31.4. The van der Waals surface area contributed by atoms with Gasteiger partial charge in [0.1, 0.15) is 11.9 Å². The van der Waals surface area contributed by atoms with Crippen molar-refractivity contribution < 1.29 is 14.3 Å². The van der Waals surface area contributed by atoms with Gasteiger partial charge in [0.15, 0.2) is 0 Å². The molecule has 0 spiro atoms. The number of imidazole rings is 1. The number of aromatic amines is 1. The van der Waals surface area contributed by atoms with E-state index in [9.17, 15) is 9.59 Å².